The molecule has 0 spiro atoms. The van der Waals surface area contributed by atoms with Crippen molar-refractivity contribution in [3.8, 4) is 11.5 Å². The molecule has 0 bridgehead atoms. The molecular weight excluding hydrogens is 376 g/mol. The van der Waals surface area contributed by atoms with Crippen molar-refractivity contribution < 1.29 is 17.9 Å². The number of fused-ring (bicyclic) bond motifs is 1. The molecule has 0 aliphatic carbocycles. The lowest BCUT2D eigenvalue weighted by molar-refractivity contribution is -0.105. The molecule has 3 rings (SSSR count). The van der Waals surface area contributed by atoms with E-state index in [4.69, 9.17) is 4.74 Å². The molecule has 0 fully saturated rings. The lowest BCUT2D eigenvalue weighted by Crippen LogP contribution is -2.12. The largest absolute Gasteiger partial charge is 0.455 e. The van der Waals surface area contributed by atoms with Gasteiger partial charge in [-0.25, -0.2) is 8.42 Å². The van der Waals surface area contributed by atoms with Crippen molar-refractivity contribution in [2.24, 2.45) is 0 Å². The molecule has 0 saturated heterocycles. The van der Waals surface area contributed by atoms with Gasteiger partial charge in [0.25, 0.3) is 0 Å². The number of ether oxygens (including phenoxy) is 1. The molecule has 1 aromatic heterocycles. The van der Waals surface area contributed by atoms with Gasteiger partial charge in [-0.2, -0.15) is 0 Å². The van der Waals surface area contributed by atoms with Crippen molar-refractivity contribution in [2.75, 3.05) is 16.3 Å². The zero-order valence-corrected chi connectivity index (χ0v) is 15.2. The van der Waals surface area contributed by atoms with E-state index < -0.39 is 10.0 Å². The molecule has 1 heterocycles. The minimum Gasteiger partial charge on any atom is -0.455 e. The zero-order valence-electron chi connectivity index (χ0n) is 13.6. The van der Waals surface area contributed by atoms with Crippen LogP contribution < -0.4 is 20.2 Å². The summed E-state index contributed by atoms with van der Waals surface area (Å²) in [6, 6.07) is 11.8. The quantitative estimate of drug-likeness (QED) is 0.630. The van der Waals surface area contributed by atoms with Gasteiger partial charge in [-0.1, -0.05) is 18.2 Å². The highest BCUT2D eigenvalue weighted by Gasteiger charge is 2.15. The van der Waals surface area contributed by atoms with E-state index >= 15 is 0 Å². The summed E-state index contributed by atoms with van der Waals surface area (Å²) in [5.74, 6) is 0.670. The average Bonchev–Trinajstić information content (AvgIpc) is 2.58. The van der Waals surface area contributed by atoms with Crippen LogP contribution >= 0.6 is 11.3 Å². The third-order valence-corrected chi connectivity index (χ3v) is 4.89. The van der Waals surface area contributed by atoms with Gasteiger partial charge < -0.3 is 10.1 Å². The first-order chi connectivity index (χ1) is 12.4. The second-order valence-electron chi connectivity index (χ2n) is 5.37. The molecule has 0 unspecified atom stereocenters. The summed E-state index contributed by atoms with van der Waals surface area (Å²) >= 11 is 1.20. The fourth-order valence-corrected chi connectivity index (χ4v) is 3.74. The second-order valence-corrected chi connectivity index (χ2v) is 8.03. The van der Waals surface area contributed by atoms with Crippen LogP contribution in [0.5, 0.6) is 11.5 Å². The molecule has 9 heteroatoms. The second kappa shape index (κ2) is 7.14. The number of rotatable bonds is 6. The number of carbonyl (C=O) groups excluding carboxylic acids is 1. The first kappa shape index (κ1) is 17.9. The smallest absolute Gasteiger partial charge is 0.229 e. The number of sulfonamides is 1. The van der Waals surface area contributed by atoms with Crippen LogP contribution in [0, 0.1) is 0 Å². The van der Waals surface area contributed by atoms with Gasteiger partial charge in [0.05, 0.1) is 17.6 Å². The molecule has 0 atom stereocenters. The van der Waals surface area contributed by atoms with Crippen LogP contribution in [0.2, 0.25) is 0 Å². The number of anilines is 2. The number of hydrogen-bond acceptors (Lipinski definition) is 6. The van der Waals surface area contributed by atoms with Crippen molar-refractivity contribution in [1.82, 2.24) is 0 Å². The van der Waals surface area contributed by atoms with Gasteiger partial charge in [0.1, 0.15) is 5.75 Å². The average molecular weight is 390 g/mol. The van der Waals surface area contributed by atoms with E-state index in [0.29, 0.717) is 22.2 Å². The van der Waals surface area contributed by atoms with E-state index in [1.165, 1.54) is 28.8 Å². The lowest BCUT2D eigenvalue weighted by Gasteiger charge is -2.13. The summed E-state index contributed by atoms with van der Waals surface area (Å²) in [6.45, 7) is 0. The molecule has 0 aliphatic rings. The minimum atomic E-state index is -3.55. The van der Waals surface area contributed by atoms with Crippen molar-refractivity contribution in [3.05, 3.63) is 58.1 Å². The number of para-hydroxylation sites is 1. The van der Waals surface area contributed by atoms with Crippen LogP contribution in [-0.4, -0.2) is 21.1 Å². The van der Waals surface area contributed by atoms with E-state index in [0.717, 1.165) is 6.26 Å². The Bertz CT molecular complexity index is 1130. The van der Waals surface area contributed by atoms with E-state index in [1.54, 1.807) is 24.3 Å². The topological polar surface area (TPSA) is 102 Å². The third-order valence-electron chi connectivity index (χ3n) is 3.36. The Hall–Kier alpha value is -2.91. The summed E-state index contributed by atoms with van der Waals surface area (Å²) in [4.78, 5) is 23.1. The minimum absolute atomic E-state index is 0.145. The highest BCUT2D eigenvalue weighted by Crippen LogP contribution is 2.35. The Labute approximate surface area is 153 Å². The predicted octanol–water partition coefficient (Wildman–Crippen LogP) is 2.99. The van der Waals surface area contributed by atoms with E-state index in [-0.39, 0.29) is 22.6 Å². The standard InChI is InChI=1S/C17H14N2O5S2/c1-26(22,23)19-13-8-16-12(17(21)14(9-25-16)18-10-20)7-15(13)24-11-5-3-2-4-6-11/h2-10,19H,1H3,(H,18,20). The molecule has 7 nitrogen and oxygen atoms in total. The van der Waals surface area contributed by atoms with Crippen LogP contribution in [0.1, 0.15) is 0 Å². The van der Waals surface area contributed by atoms with Gasteiger partial charge in [-0.15, -0.1) is 11.3 Å². The van der Waals surface area contributed by atoms with Crippen LogP contribution in [0.3, 0.4) is 0 Å². The van der Waals surface area contributed by atoms with Crippen LogP contribution in [0.4, 0.5) is 11.4 Å². The zero-order chi connectivity index (χ0) is 18.7. The molecule has 2 aromatic carbocycles. The van der Waals surface area contributed by atoms with E-state index in [1.807, 2.05) is 6.07 Å². The summed E-state index contributed by atoms with van der Waals surface area (Å²) in [5, 5.41) is 4.17. The van der Waals surface area contributed by atoms with Gasteiger partial charge in [0, 0.05) is 15.5 Å². The summed E-state index contributed by atoms with van der Waals surface area (Å²) in [6.07, 6.45) is 1.46. The molecule has 3 aromatic rings. The Balaban J connectivity index is 2.19. The maximum absolute atomic E-state index is 12.5. The SMILES string of the molecule is CS(=O)(=O)Nc1cc2scc(NC=O)c(=O)c2cc1Oc1ccccc1. The molecule has 0 radical (unpaired) electrons. The molecule has 0 saturated carbocycles. The Kier molecular flexibility index (Phi) is 4.92. The maximum Gasteiger partial charge on any atom is 0.229 e. The Morgan fingerprint density at radius 1 is 1.12 bits per heavy atom. The van der Waals surface area contributed by atoms with Crippen molar-refractivity contribution in [1.29, 1.82) is 0 Å². The van der Waals surface area contributed by atoms with Crippen LogP contribution in [0.15, 0.2) is 52.6 Å². The molecular formula is C17H14N2O5S2. The molecule has 1 amide bonds. The number of hydrogen-bond donors (Lipinski definition) is 2. The van der Waals surface area contributed by atoms with Gasteiger partial charge in [0.2, 0.25) is 21.9 Å². The van der Waals surface area contributed by atoms with Gasteiger partial charge >= 0.3 is 0 Å². The highest BCUT2D eigenvalue weighted by atomic mass is 32.2. The monoisotopic (exact) mass is 390 g/mol. The first-order valence-electron chi connectivity index (χ1n) is 7.38. The first-order valence-corrected chi connectivity index (χ1v) is 10.1. The lowest BCUT2D eigenvalue weighted by atomic mass is 10.2. The number of nitrogens with one attached hydrogen (secondary N) is 2. The summed E-state index contributed by atoms with van der Waals surface area (Å²) in [7, 11) is -3.55. The predicted molar refractivity (Wildman–Crippen MR) is 103 cm³/mol. The maximum atomic E-state index is 12.5. The molecule has 134 valence electrons. The molecule has 26 heavy (non-hydrogen) atoms. The highest BCUT2D eigenvalue weighted by molar-refractivity contribution is 7.92. The van der Waals surface area contributed by atoms with Crippen molar-refractivity contribution >= 4 is 49.2 Å². The van der Waals surface area contributed by atoms with Gasteiger partial charge in [-0.3, -0.25) is 14.3 Å². The number of benzene rings is 2. The third kappa shape index (κ3) is 4.01. The normalized spacial score (nSPS) is 11.1. The van der Waals surface area contributed by atoms with E-state index in [2.05, 4.69) is 10.0 Å². The Morgan fingerprint density at radius 3 is 2.50 bits per heavy atom. The number of carbonyl (C=O) groups is 1. The van der Waals surface area contributed by atoms with Crippen molar-refractivity contribution in [2.45, 2.75) is 0 Å². The number of amides is 1. The molecule has 0 aliphatic heterocycles. The van der Waals surface area contributed by atoms with E-state index in [9.17, 15) is 18.0 Å². The van der Waals surface area contributed by atoms with Crippen molar-refractivity contribution in [3.63, 3.8) is 0 Å². The summed E-state index contributed by atoms with van der Waals surface area (Å²) in [5.41, 5.74) is -0.0164. The van der Waals surface area contributed by atoms with Crippen LogP contribution in [-0.2, 0) is 14.8 Å². The Morgan fingerprint density at radius 2 is 1.85 bits per heavy atom. The van der Waals surface area contributed by atoms with Gasteiger partial charge in [-0.05, 0) is 24.3 Å². The molecule has 2 N–H and O–H groups in total. The van der Waals surface area contributed by atoms with Crippen LogP contribution in [0.25, 0.3) is 10.1 Å². The fraction of sp³-hybridized carbons (Fsp3) is 0.0588. The van der Waals surface area contributed by atoms with Gasteiger partial charge in [0.15, 0.2) is 5.75 Å². The summed E-state index contributed by atoms with van der Waals surface area (Å²) < 4.78 is 32.1. The fourth-order valence-electron chi connectivity index (χ4n) is 2.30.